The lowest BCUT2D eigenvalue weighted by Gasteiger charge is -2.19. The van der Waals surface area contributed by atoms with Gasteiger partial charge < -0.3 is 5.11 Å². The van der Waals surface area contributed by atoms with Gasteiger partial charge in [-0.3, -0.25) is 0 Å². The summed E-state index contributed by atoms with van der Waals surface area (Å²) in [6.07, 6.45) is 2.05. The van der Waals surface area contributed by atoms with Crippen LogP contribution in [0.4, 0.5) is 0 Å². The number of rotatable bonds is 3. The smallest absolute Gasteiger partial charge is 0.0818 e. The third kappa shape index (κ3) is 2.47. The highest BCUT2D eigenvalue weighted by atomic mass is 35.5. The summed E-state index contributed by atoms with van der Waals surface area (Å²) >= 11 is 11.7. The Hall–Kier alpha value is -0.240. The van der Waals surface area contributed by atoms with Gasteiger partial charge in [0.05, 0.1) is 16.1 Å². The van der Waals surface area contributed by atoms with E-state index in [0.29, 0.717) is 21.9 Å². The minimum Gasteiger partial charge on any atom is -0.388 e. The van der Waals surface area contributed by atoms with E-state index in [9.17, 15) is 5.11 Å². The van der Waals surface area contributed by atoms with Crippen LogP contribution in [0.15, 0.2) is 18.2 Å². The van der Waals surface area contributed by atoms with Gasteiger partial charge in [-0.25, -0.2) is 0 Å². The van der Waals surface area contributed by atoms with Crippen LogP contribution in [0.25, 0.3) is 0 Å². The van der Waals surface area contributed by atoms with Crippen molar-refractivity contribution in [3.63, 3.8) is 0 Å². The molecule has 1 saturated carbocycles. The van der Waals surface area contributed by atoms with Crippen molar-refractivity contribution < 1.29 is 5.11 Å². The van der Waals surface area contributed by atoms with Crippen LogP contribution in [0.3, 0.4) is 0 Å². The molecular weight excluding hydrogens is 231 g/mol. The lowest BCUT2D eigenvalue weighted by Crippen LogP contribution is -2.10. The van der Waals surface area contributed by atoms with Crippen molar-refractivity contribution in [2.45, 2.75) is 25.9 Å². The second-order valence-corrected chi connectivity index (χ2v) is 5.13. The minimum atomic E-state index is -0.424. The van der Waals surface area contributed by atoms with Gasteiger partial charge in [0.1, 0.15) is 0 Å². The van der Waals surface area contributed by atoms with Gasteiger partial charge in [-0.05, 0) is 42.4 Å². The Labute approximate surface area is 100 Å². The molecule has 1 fully saturated rings. The Morgan fingerprint density at radius 1 is 1.27 bits per heavy atom. The van der Waals surface area contributed by atoms with Gasteiger partial charge in [-0.1, -0.05) is 36.2 Å². The zero-order chi connectivity index (χ0) is 11.0. The molecule has 2 unspecified atom stereocenters. The average Bonchev–Trinajstić information content (AvgIpc) is 3.03. The highest BCUT2D eigenvalue weighted by Crippen LogP contribution is 2.43. The number of halogens is 2. The van der Waals surface area contributed by atoms with E-state index >= 15 is 0 Å². The van der Waals surface area contributed by atoms with Gasteiger partial charge in [-0.15, -0.1) is 0 Å². The molecule has 0 heterocycles. The first-order valence-electron chi connectivity index (χ1n) is 5.22. The molecule has 0 bridgehead atoms. The molecule has 1 aliphatic carbocycles. The summed E-state index contributed by atoms with van der Waals surface area (Å²) in [6, 6.07) is 5.34. The number of hydrogen-bond donors (Lipinski definition) is 1. The third-order valence-electron chi connectivity index (χ3n) is 3.15. The molecule has 1 aromatic rings. The molecule has 0 aromatic heterocycles. The molecule has 82 valence electrons. The van der Waals surface area contributed by atoms with E-state index in [1.807, 2.05) is 6.07 Å². The van der Waals surface area contributed by atoms with Gasteiger partial charge in [0, 0.05) is 0 Å². The van der Waals surface area contributed by atoms with Crippen LogP contribution < -0.4 is 0 Å². The standard InChI is InChI=1S/C12H14Cl2O/c1-7(8-2-3-8)12(15)9-4-5-10(13)11(14)6-9/h4-8,12,15H,2-3H2,1H3. The molecule has 2 rings (SSSR count). The second-order valence-electron chi connectivity index (χ2n) is 4.31. The van der Waals surface area contributed by atoms with Gasteiger partial charge in [0.25, 0.3) is 0 Å². The van der Waals surface area contributed by atoms with Gasteiger partial charge in [0.2, 0.25) is 0 Å². The molecule has 0 amide bonds. The summed E-state index contributed by atoms with van der Waals surface area (Å²) in [5, 5.41) is 11.2. The molecule has 3 heteroatoms. The van der Waals surface area contributed by atoms with Crippen molar-refractivity contribution in [2.75, 3.05) is 0 Å². The zero-order valence-corrected chi connectivity index (χ0v) is 10.1. The SMILES string of the molecule is CC(C1CC1)C(O)c1ccc(Cl)c(Cl)c1. The van der Waals surface area contributed by atoms with Crippen LogP contribution in [0.1, 0.15) is 31.4 Å². The first kappa shape index (κ1) is 11.3. The first-order chi connectivity index (χ1) is 7.09. The molecule has 2 atom stereocenters. The predicted molar refractivity (Wildman–Crippen MR) is 63.3 cm³/mol. The van der Waals surface area contributed by atoms with Gasteiger partial charge in [-0.2, -0.15) is 0 Å². The number of hydrogen-bond acceptors (Lipinski definition) is 1. The fourth-order valence-electron chi connectivity index (χ4n) is 1.88. The lowest BCUT2D eigenvalue weighted by molar-refractivity contribution is 0.106. The van der Waals surface area contributed by atoms with E-state index in [1.54, 1.807) is 12.1 Å². The number of aliphatic hydroxyl groups excluding tert-OH is 1. The summed E-state index contributed by atoms with van der Waals surface area (Å²) in [6.45, 7) is 2.09. The summed E-state index contributed by atoms with van der Waals surface area (Å²) in [5.74, 6) is 0.983. The lowest BCUT2D eigenvalue weighted by atomic mass is 9.93. The first-order valence-corrected chi connectivity index (χ1v) is 5.98. The molecule has 0 spiro atoms. The molecule has 1 aromatic carbocycles. The fraction of sp³-hybridized carbons (Fsp3) is 0.500. The van der Waals surface area contributed by atoms with Gasteiger partial charge >= 0.3 is 0 Å². The second kappa shape index (κ2) is 4.32. The van der Waals surface area contributed by atoms with Crippen molar-refractivity contribution in [1.29, 1.82) is 0 Å². The molecule has 0 saturated heterocycles. The summed E-state index contributed by atoms with van der Waals surface area (Å²) in [7, 11) is 0. The normalized spacial score (nSPS) is 20.0. The Balaban J connectivity index is 2.17. The van der Waals surface area contributed by atoms with E-state index in [0.717, 1.165) is 5.56 Å². The maximum absolute atomic E-state index is 10.1. The Morgan fingerprint density at radius 2 is 1.93 bits per heavy atom. The average molecular weight is 245 g/mol. The molecule has 1 aliphatic rings. The summed E-state index contributed by atoms with van der Waals surface area (Å²) in [5.41, 5.74) is 0.865. The van der Waals surface area contributed by atoms with Crippen LogP contribution in [-0.2, 0) is 0 Å². The Bertz CT molecular complexity index is 361. The number of aliphatic hydroxyl groups is 1. The van der Waals surface area contributed by atoms with Crippen molar-refractivity contribution in [1.82, 2.24) is 0 Å². The molecule has 15 heavy (non-hydrogen) atoms. The maximum Gasteiger partial charge on any atom is 0.0818 e. The van der Waals surface area contributed by atoms with Crippen molar-refractivity contribution in [3.05, 3.63) is 33.8 Å². The quantitative estimate of drug-likeness (QED) is 0.850. The highest BCUT2D eigenvalue weighted by molar-refractivity contribution is 6.42. The third-order valence-corrected chi connectivity index (χ3v) is 3.89. The van der Waals surface area contributed by atoms with E-state index in [-0.39, 0.29) is 0 Å². The van der Waals surface area contributed by atoms with Crippen molar-refractivity contribution >= 4 is 23.2 Å². The molecule has 0 aliphatic heterocycles. The monoisotopic (exact) mass is 244 g/mol. The van der Waals surface area contributed by atoms with E-state index in [2.05, 4.69) is 6.92 Å². The topological polar surface area (TPSA) is 20.2 Å². The van der Waals surface area contributed by atoms with Crippen LogP contribution >= 0.6 is 23.2 Å². The van der Waals surface area contributed by atoms with Crippen molar-refractivity contribution in [2.24, 2.45) is 11.8 Å². The summed E-state index contributed by atoms with van der Waals surface area (Å²) < 4.78 is 0. The van der Waals surface area contributed by atoms with Crippen molar-refractivity contribution in [3.8, 4) is 0 Å². The maximum atomic E-state index is 10.1. The largest absolute Gasteiger partial charge is 0.388 e. The predicted octanol–water partition coefficient (Wildman–Crippen LogP) is 4.07. The van der Waals surface area contributed by atoms with Crippen LogP contribution in [0, 0.1) is 11.8 Å². The minimum absolute atomic E-state index is 0.308. The van der Waals surface area contributed by atoms with Crippen LogP contribution in [-0.4, -0.2) is 5.11 Å². The van der Waals surface area contributed by atoms with Crippen LogP contribution in [0.5, 0.6) is 0 Å². The Kier molecular flexibility index (Phi) is 3.24. The Morgan fingerprint density at radius 3 is 2.47 bits per heavy atom. The highest BCUT2D eigenvalue weighted by Gasteiger charge is 2.33. The molecule has 1 N–H and O–H groups in total. The molecule has 0 radical (unpaired) electrons. The number of benzene rings is 1. The van der Waals surface area contributed by atoms with Gasteiger partial charge in [0.15, 0.2) is 0 Å². The van der Waals surface area contributed by atoms with E-state index in [4.69, 9.17) is 23.2 Å². The molecular formula is C12H14Cl2O. The summed E-state index contributed by atoms with van der Waals surface area (Å²) in [4.78, 5) is 0. The fourth-order valence-corrected chi connectivity index (χ4v) is 2.19. The van der Waals surface area contributed by atoms with E-state index in [1.165, 1.54) is 12.8 Å². The zero-order valence-electron chi connectivity index (χ0n) is 8.58. The van der Waals surface area contributed by atoms with Crippen LogP contribution in [0.2, 0.25) is 10.0 Å². The van der Waals surface area contributed by atoms with E-state index < -0.39 is 6.10 Å². The molecule has 1 nitrogen and oxygen atoms in total.